The highest BCUT2D eigenvalue weighted by Crippen LogP contribution is 2.22. The summed E-state index contributed by atoms with van der Waals surface area (Å²) >= 11 is 1.13. The molecule has 0 aliphatic heterocycles. The zero-order chi connectivity index (χ0) is 11.3. The number of nitrogens with one attached hydrogen (secondary N) is 1. The summed E-state index contributed by atoms with van der Waals surface area (Å²) in [6.45, 7) is 5.23. The van der Waals surface area contributed by atoms with E-state index in [0.717, 1.165) is 16.9 Å². The van der Waals surface area contributed by atoms with Crippen molar-refractivity contribution in [1.82, 2.24) is 5.48 Å². The molecule has 1 aromatic rings. The molecular formula is C9H14N2O3S. The lowest BCUT2D eigenvalue weighted by molar-refractivity contribution is -0.380. The molecule has 0 fully saturated rings. The Balaban J connectivity index is 2.29. The molecule has 1 aromatic heterocycles. The van der Waals surface area contributed by atoms with E-state index in [0.29, 0.717) is 19.1 Å². The molecule has 84 valence electrons. The zero-order valence-electron chi connectivity index (χ0n) is 8.73. The minimum Gasteiger partial charge on any atom is -0.301 e. The lowest BCUT2D eigenvalue weighted by atomic mass is 10.2. The van der Waals surface area contributed by atoms with Gasteiger partial charge < -0.3 is 4.84 Å². The van der Waals surface area contributed by atoms with Crippen molar-refractivity contribution in [2.75, 3.05) is 6.61 Å². The summed E-state index contributed by atoms with van der Waals surface area (Å²) in [5, 5.41) is 12.3. The van der Waals surface area contributed by atoms with Gasteiger partial charge in [-0.05, 0) is 11.5 Å². The molecule has 0 saturated carbocycles. The van der Waals surface area contributed by atoms with Gasteiger partial charge in [-0.15, -0.1) is 0 Å². The average Bonchev–Trinajstić information content (AvgIpc) is 2.60. The number of hydrogen-bond acceptors (Lipinski definition) is 5. The van der Waals surface area contributed by atoms with Gasteiger partial charge in [-0.3, -0.25) is 10.1 Å². The molecular weight excluding hydrogens is 216 g/mol. The van der Waals surface area contributed by atoms with Crippen molar-refractivity contribution in [2.45, 2.75) is 20.4 Å². The van der Waals surface area contributed by atoms with Gasteiger partial charge in [0.15, 0.2) is 0 Å². The molecule has 0 amide bonds. The molecule has 0 unspecified atom stereocenters. The third-order valence-electron chi connectivity index (χ3n) is 1.61. The summed E-state index contributed by atoms with van der Waals surface area (Å²) in [6, 6.07) is 1.55. The largest absolute Gasteiger partial charge is 0.324 e. The molecule has 1 heterocycles. The summed E-state index contributed by atoms with van der Waals surface area (Å²) in [5.74, 6) is 0.467. The van der Waals surface area contributed by atoms with Crippen LogP contribution >= 0.6 is 11.3 Å². The van der Waals surface area contributed by atoms with Gasteiger partial charge in [-0.2, -0.15) is 5.48 Å². The first-order chi connectivity index (χ1) is 7.09. The maximum Gasteiger partial charge on any atom is 0.324 e. The highest BCUT2D eigenvalue weighted by Gasteiger charge is 2.08. The van der Waals surface area contributed by atoms with Crippen molar-refractivity contribution in [1.29, 1.82) is 0 Å². The third-order valence-corrected chi connectivity index (χ3v) is 2.54. The fourth-order valence-corrected chi connectivity index (χ4v) is 1.64. The number of nitrogens with zero attached hydrogens (tertiary/aromatic N) is 1. The lowest BCUT2D eigenvalue weighted by Gasteiger charge is -2.06. The van der Waals surface area contributed by atoms with Gasteiger partial charge in [0.2, 0.25) is 0 Å². The molecule has 0 aromatic carbocycles. The molecule has 0 radical (unpaired) electrons. The van der Waals surface area contributed by atoms with Crippen LogP contribution in [0.25, 0.3) is 0 Å². The van der Waals surface area contributed by atoms with Gasteiger partial charge in [-0.1, -0.05) is 25.2 Å². The number of rotatable bonds is 6. The van der Waals surface area contributed by atoms with Gasteiger partial charge >= 0.3 is 5.00 Å². The number of thiophene rings is 1. The maximum atomic E-state index is 10.4. The van der Waals surface area contributed by atoms with E-state index in [1.807, 2.05) is 0 Å². The van der Waals surface area contributed by atoms with Gasteiger partial charge in [0, 0.05) is 18.0 Å². The average molecular weight is 230 g/mol. The Kier molecular flexibility index (Phi) is 4.67. The van der Waals surface area contributed by atoms with Crippen LogP contribution in [0.5, 0.6) is 0 Å². The van der Waals surface area contributed by atoms with E-state index in [2.05, 4.69) is 19.3 Å². The van der Waals surface area contributed by atoms with Crippen molar-refractivity contribution in [3.63, 3.8) is 0 Å². The predicted molar refractivity (Wildman–Crippen MR) is 58.6 cm³/mol. The van der Waals surface area contributed by atoms with Crippen molar-refractivity contribution in [3.8, 4) is 0 Å². The first-order valence-electron chi connectivity index (χ1n) is 4.66. The Bertz CT molecular complexity index is 325. The molecule has 6 heteroatoms. The first kappa shape index (κ1) is 12.1. The molecule has 1 rings (SSSR count). The minimum atomic E-state index is -0.386. The Labute approximate surface area is 92.2 Å². The monoisotopic (exact) mass is 230 g/mol. The minimum absolute atomic E-state index is 0.163. The molecule has 1 N–H and O–H groups in total. The maximum absolute atomic E-state index is 10.4. The molecule has 0 saturated heterocycles. The molecule has 0 spiro atoms. The van der Waals surface area contributed by atoms with E-state index in [9.17, 15) is 10.1 Å². The Morgan fingerprint density at radius 2 is 2.40 bits per heavy atom. The van der Waals surface area contributed by atoms with Crippen molar-refractivity contribution in [3.05, 3.63) is 27.1 Å². The quantitative estimate of drug-likeness (QED) is 0.463. The third kappa shape index (κ3) is 4.37. The van der Waals surface area contributed by atoms with Crippen molar-refractivity contribution in [2.24, 2.45) is 5.92 Å². The van der Waals surface area contributed by atoms with Crippen LogP contribution in [0, 0.1) is 16.0 Å². The summed E-state index contributed by atoms with van der Waals surface area (Å²) in [7, 11) is 0. The highest BCUT2D eigenvalue weighted by molar-refractivity contribution is 7.13. The van der Waals surface area contributed by atoms with Gasteiger partial charge in [0.05, 0.1) is 11.5 Å². The Morgan fingerprint density at radius 3 is 2.93 bits per heavy atom. The summed E-state index contributed by atoms with van der Waals surface area (Å²) in [6.07, 6.45) is 0. The Morgan fingerprint density at radius 1 is 1.67 bits per heavy atom. The zero-order valence-corrected chi connectivity index (χ0v) is 9.54. The van der Waals surface area contributed by atoms with E-state index in [-0.39, 0.29) is 9.92 Å². The van der Waals surface area contributed by atoms with Crippen LogP contribution in [-0.2, 0) is 11.4 Å². The van der Waals surface area contributed by atoms with Crippen LogP contribution in [0.3, 0.4) is 0 Å². The van der Waals surface area contributed by atoms with Crippen molar-refractivity contribution >= 4 is 16.3 Å². The molecule has 0 aliphatic carbocycles. The van der Waals surface area contributed by atoms with Crippen LogP contribution in [0.2, 0.25) is 0 Å². The van der Waals surface area contributed by atoms with Gasteiger partial charge in [0.25, 0.3) is 0 Å². The normalized spacial score (nSPS) is 10.9. The van der Waals surface area contributed by atoms with E-state index in [1.54, 1.807) is 11.4 Å². The lowest BCUT2D eigenvalue weighted by Crippen LogP contribution is -2.16. The topological polar surface area (TPSA) is 64.4 Å². The predicted octanol–water partition coefficient (Wildman–Crippen LogP) is 2.33. The van der Waals surface area contributed by atoms with E-state index in [1.165, 1.54) is 0 Å². The molecule has 0 bridgehead atoms. The SMILES string of the molecule is CC(C)CONCc1csc([N+](=O)[O-])c1. The van der Waals surface area contributed by atoms with Crippen molar-refractivity contribution < 1.29 is 9.76 Å². The second kappa shape index (κ2) is 5.79. The molecule has 15 heavy (non-hydrogen) atoms. The van der Waals surface area contributed by atoms with Gasteiger partial charge in [-0.25, -0.2) is 0 Å². The summed E-state index contributed by atoms with van der Waals surface area (Å²) in [5.41, 5.74) is 3.64. The first-order valence-corrected chi connectivity index (χ1v) is 5.54. The van der Waals surface area contributed by atoms with E-state index in [4.69, 9.17) is 4.84 Å². The van der Waals surface area contributed by atoms with E-state index < -0.39 is 0 Å². The molecule has 0 atom stereocenters. The summed E-state index contributed by atoms with van der Waals surface area (Å²) < 4.78 is 0. The fraction of sp³-hybridized carbons (Fsp3) is 0.556. The number of hydroxylamine groups is 1. The molecule has 5 nitrogen and oxygen atoms in total. The second-order valence-electron chi connectivity index (χ2n) is 3.58. The smallest absolute Gasteiger partial charge is 0.301 e. The van der Waals surface area contributed by atoms with Crippen LogP contribution in [0.15, 0.2) is 11.4 Å². The Hall–Kier alpha value is -0.980. The van der Waals surface area contributed by atoms with E-state index >= 15 is 0 Å². The van der Waals surface area contributed by atoms with Crippen LogP contribution in [0.4, 0.5) is 5.00 Å². The standard InChI is InChI=1S/C9H14N2O3S/c1-7(2)5-14-10-4-8-3-9(11(12)13)15-6-8/h3,6-7,10H,4-5H2,1-2H3. The van der Waals surface area contributed by atoms with Crippen LogP contribution < -0.4 is 5.48 Å². The number of hydrogen-bond donors (Lipinski definition) is 1. The highest BCUT2D eigenvalue weighted by atomic mass is 32.1. The summed E-state index contributed by atoms with van der Waals surface area (Å²) in [4.78, 5) is 15.2. The number of nitro groups is 1. The van der Waals surface area contributed by atoms with Crippen LogP contribution in [0.1, 0.15) is 19.4 Å². The fourth-order valence-electron chi connectivity index (χ4n) is 0.911. The van der Waals surface area contributed by atoms with Crippen LogP contribution in [-0.4, -0.2) is 11.5 Å². The molecule has 0 aliphatic rings. The second-order valence-corrected chi connectivity index (χ2v) is 4.47. The van der Waals surface area contributed by atoms with Gasteiger partial charge in [0.1, 0.15) is 0 Å².